The lowest BCUT2D eigenvalue weighted by Crippen LogP contribution is -2.43. The van der Waals surface area contributed by atoms with Crippen molar-refractivity contribution in [1.29, 1.82) is 0 Å². The van der Waals surface area contributed by atoms with Crippen LogP contribution in [0.5, 0.6) is 0 Å². The quantitative estimate of drug-likeness (QED) is 0.575. The molecule has 1 saturated carbocycles. The number of carboxylic acids is 1. The Balaban J connectivity index is 2.30. The van der Waals surface area contributed by atoms with E-state index in [1.807, 2.05) is 0 Å². The second-order valence-corrected chi connectivity index (χ2v) is 6.72. The van der Waals surface area contributed by atoms with Crippen molar-refractivity contribution >= 4 is 11.9 Å². The van der Waals surface area contributed by atoms with Crippen LogP contribution in [0.2, 0.25) is 0 Å². The molecule has 0 spiro atoms. The molecule has 0 saturated heterocycles. The third-order valence-electron chi connectivity index (χ3n) is 3.94. The molecule has 1 amide bonds. The summed E-state index contributed by atoms with van der Waals surface area (Å²) < 4.78 is 0. The number of carboxylic acid groups (broad SMARTS) is 1. The zero-order chi connectivity index (χ0) is 14.5. The number of rotatable bonds is 6. The Labute approximate surface area is 116 Å². The van der Waals surface area contributed by atoms with Crippen LogP contribution in [0.3, 0.4) is 0 Å². The van der Waals surface area contributed by atoms with Crippen LogP contribution in [0.25, 0.3) is 0 Å². The molecule has 0 heterocycles. The summed E-state index contributed by atoms with van der Waals surface area (Å²) in [7, 11) is 0. The van der Waals surface area contributed by atoms with Crippen LogP contribution in [0.15, 0.2) is 0 Å². The Kier molecular flexibility index (Phi) is 5.83. The van der Waals surface area contributed by atoms with Gasteiger partial charge in [0.05, 0.1) is 0 Å². The molecule has 0 aromatic carbocycles. The number of hydrogen-bond acceptors (Lipinski definition) is 2. The highest BCUT2D eigenvalue weighted by Gasteiger charge is 2.37. The number of amides is 1. The van der Waals surface area contributed by atoms with Gasteiger partial charge in [-0.05, 0) is 24.2 Å². The van der Waals surface area contributed by atoms with Crippen molar-refractivity contribution in [3.8, 4) is 0 Å². The predicted molar refractivity (Wildman–Crippen MR) is 74.8 cm³/mol. The van der Waals surface area contributed by atoms with E-state index in [0.29, 0.717) is 6.54 Å². The lowest BCUT2D eigenvalue weighted by molar-refractivity contribution is -0.151. The lowest BCUT2D eigenvalue weighted by Gasteiger charge is -2.26. The van der Waals surface area contributed by atoms with Crippen LogP contribution >= 0.6 is 0 Å². The number of aliphatic carboxylic acids is 1. The summed E-state index contributed by atoms with van der Waals surface area (Å²) in [5.41, 5.74) is -0.554. The average molecular weight is 269 g/mol. The maximum absolute atomic E-state index is 11.9. The molecule has 0 radical (unpaired) electrons. The summed E-state index contributed by atoms with van der Waals surface area (Å²) in [4.78, 5) is 23.1. The molecular formula is C15H27NO3. The summed E-state index contributed by atoms with van der Waals surface area (Å²) in [6, 6.07) is 0. The summed E-state index contributed by atoms with van der Waals surface area (Å²) >= 11 is 0. The van der Waals surface area contributed by atoms with Crippen molar-refractivity contribution in [2.75, 3.05) is 6.54 Å². The summed E-state index contributed by atoms with van der Waals surface area (Å²) in [6.45, 7) is 5.94. The SMILES string of the molecule is CC(C)(C)C(C(=O)O)C(=O)NCCCC1CCCC1. The molecule has 0 aromatic heterocycles. The van der Waals surface area contributed by atoms with Gasteiger partial charge in [-0.25, -0.2) is 0 Å². The Morgan fingerprint density at radius 3 is 2.32 bits per heavy atom. The van der Waals surface area contributed by atoms with Crippen LogP contribution in [-0.4, -0.2) is 23.5 Å². The van der Waals surface area contributed by atoms with E-state index in [1.165, 1.54) is 25.7 Å². The molecule has 0 bridgehead atoms. The van der Waals surface area contributed by atoms with Gasteiger partial charge in [0.2, 0.25) is 5.91 Å². The maximum Gasteiger partial charge on any atom is 0.316 e. The number of carbonyl (C=O) groups excluding carboxylic acids is 1. The van der Waals surface area contributed by atoms with E-state index in [1.54, 1.807) is 20.8 Å². The Hall–Kier alpha value is -1.06. The van der Waals surface area contributed by atoms with Gasteiger partial charge in [0.1, 0.15) is 5.92 Å². The minimum Gasteiger partial charge on any atom is -0.481 e. The molecule has 2 N–H and O–H groups in total. The van der Waals surface area contributed by atoms with E-state index < -0.39 is 17.3 Å². The predicted octanol–water partition coefficient (Wildman–Crippen LogP) is 2.82. The van der Waals surface area contributed by atoms with Crippen LogP contribution in [0.1, 0.15) is 59.3 Å². The Bertz CT molecular complexity index is 314. The molecule has 1 aliphatic rings. The molecule has 1 atom stereocenters. The first-order chi connectivity index (χ1) is 8.82. The highest BCUT2D eigenvalue weighted by molar-refractivity contribution is 5.97. The first-order valence-corrected chi connectivity index (χ1v) is 7.33. The van der Waals surface area contributed by atoms with E-state index in [4.69, 9.17) is 5.11 Å². The normalized spacial score (nSPS) is 18.3. The molecular weight excluding hydrogens is 242 g/mol. The molecule has 0 aromatic rings. The van der Waals surface area contributed by atoms with Gasteiger partial charge in [0.15, 0.2) is 0 Å². The van der Waals surface area contributed by atoms with Crippen molar-refractivity contribution in [3.63, 3.8) is 0 Å². The monoisotopic (exact) mass is 269 g/mol. The topological polar surface area (TPSA) is 66.4 Å². The zero-order valence-electron chi connectivity index (χ0n) is 12.4. The van der Waals surface area contributed by atoms with E-state index in [2.05, 4.69) is 5.32 Å². The van der Waals surface area contributed by atoms with Crippen molar-refractivity contribution in [3.05, 3.63) is 0 Å². The second-order valence-electron chi connectivity index (χ2n) is 6.72. The number of carbonyl (C=O) groups is 2. The molecule has 110 valence electrons. The van der Waals surface area contributed by atoms with Gasteiger partial charge in [-0.3, -0.25) is 9.59 Å². The summed E-state index contributed by atoms with van der Waals surface area (Å²) in [5.74, 6) is -1.55. The van der Waals surface area contributed by atoms with Crippen molar-refractivity contribution in [1.82, 2.24) is 5.32 Å². The average Bonchev–Trinajstić information content (AvgIpc) is 2.74. The fraction of sp³-hybridized carbons (Fsp3) is 0.867. The first kappa shape index (κ1) is 16.0. The van der Waals surface area contributed by atoms with Gasteiger partial charge in [-0.15, -0.1) is 0 Å². The molecule has 4 heteroatoms. The van der Waals surface area contributed by atoms with E-state index >= 15 is 0 Å². The number of nitrogens with one attached hydrogen (secondary N) is 1. The van der Waals surface area contributed by atoms with Gasteiger partial charge in [0, 0.05) is 6.54 Å². The van der Waals surface area contributed by atoms with Crippen molar-refractivity contribution in [2.24, 2.45) is 17.3 Å². The molecule has 1 aliphatic carbocycles. The zero-order valence-corrected chi connectivity index (χ0v) is 12.4. The van der Waals surface area contributed by atoms with Gasteiger partial charge in [-0.1, -0.05) is 46.5 Å². The van der Waals surface area contributed by atoms with Crippen LogP contribution in [0, 0.1) is 17.3 Å². The lowest BCUT2D eigenvalue weighted by atomic mass is 9.80. The van der Waals surface area contributed by atoms with Gasteiger partial charge in [-0.2, -0.15) is 0 Å². The van der Waals surface area contributed by atoms with Crippen LogP contribution in [0.4, 0.5) is 0 Å². The van der Waals surface area contributed by atoms with Gasteiger partial charge < -0.3 is 10.4 Å². The highest BCUT2D eigenvalue weighted by Crippen LogP contribution is 2.28. The van der Waals surface area contributed by atoms with E-state index in [9.17, 15) is 9.59 Å². The molecule has 0 aliphatic heterocycles. The second kappa shape index (κ2) is 6.92. The molecule has 1 rings (SSSR count). The van der Waals surface area contributed by atoms with Gasteiger partial charge >= 0.3 is 5.97 Å². The van der Waals surface area contributed by atoms with Crippen molar-refractivity contribution in [2.45, 2.75) is 59.3 Å². The van der Waals surface area contributed by atoms with Crippen molar-refractivity contribution < 1.29 is 14.7 Å². The Morgan fingerprint density at radius 1 is 1.26 bits per heavy atom. The minimum absolute atomic E-state index is 0.355. The molecule has 19 heavy (non-hydrogen) atoms. The van der Waals surface area contributed by atoms with Gasteiger partial charge in [0.25, 0.3) is 0 Å². The summed E-state index contributed by atoms with van der Waals surface area (Å²) in [5, 5.41) is 11.9. The highest BCUT2D eigenvalue weighted by atomic mass is 16.4. The largest absolute Gasteiger partial charge is 0.481 e. The number of hydrogen-bond donors (Lipinski definition) is 2. The third-order valence-corrected chi connectivity index (χ3v) is 3.94. The van der Waals surface area contributed by atoms with E-state index in [0.717, 1.165) is 18.8 Å². The fourth-order valence-electron chi connectivity index (χ4n) is 2.88. The Morgan fingerprint density at radius 2 is 1.84 bits per heavy atom. The van der Waals surface area contributed by atoms with E-state index in [-0.39, 0.29) is 5.91 Å². The minimum atomic E-state index is -1.04. The van der Waals surface area contributed by atoms with Crippen LogP contribution in [-0.2, 0) is 9.59 Å². The fourth-order valence-corrected chi connectivity index (χ4v) is 2.88. The first-order valence-electron chi connectivity index (χ1n) is 7.33. The maximum atomic E-state index is 11.9. The van der Waals surface area contributed by atoms with Crippen LogP contribution < -0.4 is 5.32 Å². The molecule has 4 nitrogen and oxygen atoms in total. The third kappa shape index (κ3) is 5.21. The standard InChI is InChI=1S/C15H27NO3/c1-15(2,3)12(14(18)19)13(17)16-10-6-9-11-7-4-5-8-11/h11-12H,4-10H2,1-3H3,(H,16,17)(H,18,19). The smallest absolute Gasteiger partial charge is 0.316 e. The molecule has 1 fully saturated rings. The summed E-state index contributed by atoms with van der Waals surface area (Å²) in [6.07, 6.45) is 7.39. The molecule has 1 unspecified atom stereocenters.